The van der Waals surface area contributed by atoms with E-state index in [-0.39, 0.29) is 0 Å². The molecule has 0 heterocycles. The Morgan fingerprint density at radius 2 is 1.43 bits per heavy atom. The Hall–Kier alpha value is -1.08. The van der Waals surface area contributed by atoms with Crippen molar-refractivity contribution in [3.8, 4) is 0 Å². The highest BCUT2D eigenvalue weighted by Crippen LogP contribution is 2.33. The molecule has 0 spiro atoms. The predicted octanol–water partition coefficient (Wildman–Crippen LogP) is 9.53. The van der Waals surface area contributed by atoms with Crippen molar-refractivity contribution in [1.82, 2.24) is 5.32 Å². The standard InChI is InChI=1S/C8H12.C7H15N.C5H10.C3H8.2C2H6/c1-4-7-8(5-2)6-3;1-3-7(8-2)6-4-5-6;1-4-5(2)3;1-3-2;2*1-2/h4-7H,2H2,1,3H3;6-8H,3-5H2,1-2H3;2,4H2,1,3H3;3H2,1-2H3;2*1-2H3/b7-4-,8-6-;;;;;. The first kappa shape index (κ1) is 37.6. The molecule has 1 nitrogen and oxygen atoms in total. The van der Waals surface area contributed by atoms with Crippen LogP contribution in [0.1, 0.15) is 108 Å². The highest BCUT2D eigenvalue weighted by Gasteiger charge is 2.28. The second-order valence-electron chi connectivity index (χ2n) is 6.15. The topological polar surface area (TPSA) is 12.0 Å². The maximum atomic E-state index is 3.67. The van der Waals surface area contributed by atoms with Gasteiger partial charge in [0.2, 0.25) is 0 Å². The van der Waals surface area contributed by atoms with Gasteiger partial charge in [-0.2, -0.15) is 0 Å². The molecule has 1 unspecified atom stereocenters. The molecule has 1 aliphatic rings. The molecule has 0 aromatic rings. The van der Waals surface area contributed by atoms with E-state index in [1.165, 1.54) is 36.8 Å². The summed E-state index contributed by atoms with van der Waals surface area (Å²) in [5.41, 5.74) is 2.43. The lowest BCUT2D eigenvalue weighted by Gasteiger charge is -2.10. The smallest absolute Gasteiger partial charge is 0.00897 e. The second kappa shape index (κ2) is 36.8. The van der Waals surface area contributed by atoms with Crippen LogP contribution in [0.3, 0.4) is 0 Å². The normalized spacial score (nSPS) is 12.6. The summed E-state index contributed by atoms with van der Waals surface area (Å²) in [6.45, 7) is 29.9. The molecule has 0 aromatic carbocycles. The predicted molar refractivity (Wildman–Crippen MR) is 138 cm³/mol. The molecule has 0 bridgehead atoms. The molecule has 0 radical (unpaired) electrons. The maximum Gasteiger partial charge on any atom is 0.00897 e. The zero-order valence-electron chi connectivity index (χ0n) is 21.9. The summed E-state index contributed by atoms with van der Waals surface area (Å²) < 4.78 is 0. The molecule has 0 aliphatic heterocycles. The van der Waals surface area contributed by atoms with Crippen LogP contribution >= 0.6 is 0 Å². The third-order valence-corrected chi connectivity index (χ3v) is 3.53. The first-order chi connectivity index (χ1) is 13.4. The molecule has 0 saturated heterocycles. The molecule has 1 atom stereocenters. The van der Waals surface area contributed by atoms with Gasteiger partial charge in [0.25, 0.3) is 0 Å². The minimum atomic E-state index is 0.815. The van der Waals surface area contributed by atoms with E-state index in [2.05, 4.69) is 53.2 Å². The van der Waals surface area contributed by atoms with Crippen molar-refractivity contribution in [2.24, 2.45) is 5.92 Å². The molecule has 170 valence electrons. The largest absolute Gasteiger partial charge is 0.317 e. The van der Waals surface area contributed by atoms with Gasteiger partial charge < -0.3 is 5.32 Å². The molecule has 1 heteroatoms. The van der Waals surface area contributed by atoms with Crippen LogP contribution in [-0.2, 0) is 0 Å². The van der Waals surface area contributed by atoms with Gasteiger partial charge in [-0.15, -0.1) is 6.58 Å². The van der Waals surface area contributed by atoms with E-state index in [0.29, 0.717) is 0 Å². The lowest BCUT2D eigenvalue weighted by atomic mass is 10.1. The van der Waals surface area contributed by atoms with Crippen LogP contribution in [0.2, 0.25) is 0 Å². The molecular formula is C27H57N. The number of hydrogen-bond acceptors (Lipinski definition) is 1. The van der Waals surface area contributed by atoms with Crippen molar-refractivity contribution in [2.45, 2.75) is 114 Å². The summed E-state index contributed by atoms with van der Waals surface area (Å²) in [5.74, 6) is 1.02. The average Bonchev–Trinajstić information content (AvgIpc) is 3.57. The van der Waals surface area contributed by atoms with E-state index < -0.39 is 0 Å². The Morgan fingerprint density at radius 3 is 1.50 bits per heavy atom. The zero-order valence-corrected chi connectivity index (χ0v) is 21.9. The van der Waals surface area contributed by atoms with Crippen molar-refractivity contribution < 1.29 is 0 Å². The highest BCUT2D eigenvalue weighted by atomic mass is 14.9. The summed E-state index contributed by atoms with van der Waals surface area (Å²) in [7, 11) is 2.06. The van der Waals surface area contributed by atoms with Crippen LogP contribution in [0, 0.1) is 5.92 Å². The maximum absolute atomic E-state index is 3.67. The first-order valence-electron chi connectivity index (χ1n) is 11.6. The fourth-order valence-electron chi connectivity index (χ4n) is 1.75. The van der Waals surface area contributed by atoms with Gasteiger partial charge in [-0.25, -0.2) is 0 Å². The minimum Gasteiger partial charge on any atom is -0.317 e. The molecular weight excluding hydrogens is 338 g/mol. The van der Waals surface area contributed by atoms with Crippen LogP contribution in [0.15, 0.2) is 48.6 Å². The number of hydrogen-bond donors (Lipinski definition) is 1. The van der Waals surface area contributed by atoms with Crippen LogP contribution in [0.25, 0.3) is 0 Å². The lowest BCUT2D eigenvalue weighted by Crippen LogP contribution is -2.25. The molecule has 1 fully saturated rings. The quantitative estimate of drug-likeness (QED) is 0.348. The number of nitrogens with one attached hydrogen (secondary N) is 1. The van der Waals surface area contributed by atoms with Crippen molar-refractivity contribution in [2.75, 3.05) is 7.05 Å². The van der Waals surface area contributed by atoms with E-state index in [1.807, 2.05) is 72.8 Å². The van der Waals surface area contributed by atoms with Crippen molar-refractivity contribution >= 4 is 0 Å². The third kappa shape index (κ3) is 39.8. The molecule has 1 saturated carbocycles. The lowest BCUT2D eigenvalue weighted by molar-refractivity contribution is 0.489. The van der Waals surface area contributed by atoms with Gasteiger partial charge in [-0.05, 0) is 65.0 Å². The van der Waals surface area contributed by atoms with Crippen molar-refractivity contribution in [3.05, 3.63) is 48.6 Å². The van der Waals surface area contributed by atoms with Crippen LogP contribution in [0.4, 0.5) is 0 Å². The van der Waals surface area contributed by atoms with Gasteiger partial charge in [-0.3, -0.25) is 0 Å². The average molecular weight is 396 g/mol. The van der Waals surface area contributed by atoms with E-state index in [9.17, 15) is 0 Å². The van der Waals surface area contributed by atoms with Gasteiger partial charge in [-0.1, -0.05) is 98.3 Å². The summed E-state index contributed by atoms with van der Waals surface area (Å²) in [5, 5.41) is 3.31. The molecule has 1 rings (SSSR count). The summed E-state index contributed by atoms with van der Waals surface area (Å²) in [6, 6.07) is 0.815. The van der Waals surface area contributed by atoms with Crippen LogP contribution in [0.5, 0.6) is 0 Å². The Morgan fingerprint density at radius 1 is 1.04 bits per heavy atom. The van der Waals surface area contributed by atoms with Gasteiger partial charge >= 0.3 is 0 Å². The zero-order chi connectivity index (χ0) is 23.4. The Balaban J connectivity index is -0.0000000829. The van der Waals surface area contributed by atoms with Crippen LogP contribution in [-0.4, -0.2) is 13.1 Å². The van der Waals surface area contributed by atoms with Gasteiger partial charge in [0.05, 0.1) is 0 Å². The van der Waals surface area contributed by atoms with Crippen LogP contribution < -0.4 is 5.32 Å². The van der Waals surface area contributed by atoms with E-state index >= 15 is 0 Å². The highest BCUT2D eigenvalue weighted by molar-refractivity contribution is 5.27. The third-order valence-electron chi connectivity index (χ3n) is 3.53. The van der Waals surface area contributed by atoms with E-state index in [4.69, 9.17) is 0 Å². The fourth-order valence-corrected chi connectivity index (χ4v) is 1.75. The van der Waals surface area contributed by atoms with E-state index in [1.54, 1.807) is 0 Å². The van der Waals surface area contributed by atoms with Crippen molar-refractivity contribution in [1.29, 1.82) is 0 Å². The first-order valence-corrected chi connectivity index (χ1v) is 11.6. The van der Waals surface area contributed by atoms with Gasteiger partial charge in [0, 0.05) is 6.04 Å². The van der Waals surface area contributed by atoms with Gasteiger partial charge in [0.1, 0.15) is 0 Å². The molecule has 0 aromatic heterocycles. The summed E-state index contributed by atoms with van der Waals surface area (Å²) >= 11 is 0. The Bertz CT molecular complexity index is 328. The molecule has 1 aliphatic carbocycles. The Labute approximate surface area is 181 Å². The monoisotopic (exact) mass is 395 g/mol. The van der Waals surface area contributed by atoms with Crippen molar-refractivity contribution in [3.63, 3.8) is 0 Å². The molecule has 0 amide bonds. The number of allylic oxidation sites excluding steroid dienone is 6. The minimum absolute atomic E-state index is 0.815. The van der Waals surface area contributed by atoms with Gasteiger partial charge in [0.15, 0.2) is 0 Å². The molecule has 28 heavy (non-hydrogen) atoms. The van der Waals surface area contributed by atoms with E-state index in [0.717, 1.165) is 18.4 Å². The fraction of sp³-hybridized carbons (Fsp3) is 0.704. The SMILES string of the molecule is C=C(C)CC.C=CC(/C=C\C)=C/C.CC.CC.CCC.CCC(NC)C1CC1. The second-order valence-corrected chi connectivity index (χ2v) is 6.15. The number of rotatable bonds is 6. The Kier molecular flexibility index (Phi) is 49.4. The molecule has 1 N–H and O–H groups in total. The summed E-state index contributed by atoms with van der Waals surface area (Å²) in [4.78, 5) is 0. The summed E-state index contributed by atoms with van der Waals surface area (Å²) in [6.07, 6.45) is 14.4.